The summed E-state index contributed by atoms with van der Waals surface area (Å²) in [6.07, 6.45) is 0.966. The molecule has 0 heterocycles. The fourth-order valence-electron chi connectivity index (χ4n) is 1.77. The standard InChI is InChI=1S/C15H26N4O/c1-16-15(17-9-6-10-20-4)18-12-13-7-5-8-14(11-13)19(2)3/h5,7-8,11H,6,9-10,12H2,1-4H3,(H2,16,17,18). The molecular formula is C15H26N4O. The summed E-state index contributed by atoms with van der Waals surface area (Å²) in [5, 5.41) is 6.57. The van der Waals surface area contributed by atoms with E-state index < -0.39 is 0 Å². The Hall–Kier alpha value is -1.75. The minimum Gasteiger partial charge on any atom is -0.385 e. The fraction of sp³-hybridized carbons (Fsp3) is 0.533. The number of hydrogen-bond acceptors (Lipinski definition) is 3. The summed E-state index contributed by atoms with van der Waals surface area (Å²) < 4.78 is 5.02. The molecule has 112 valence electrons. The molecule has 0 spiro atoms. The van der Waals surface area contributed by atoms with Crippen molar-refractivity contribution < 1.29 is 4.74 Å². The van der Waals surface area contributed by atoms with E-state index in [2.05, 4.69) is 44.8 Å². The predicted molar refractivity (Wildman–Crippen MR) is 85.5 cm³/mol. The van der Waals surface area contributed by atoms with Crippen molar-refractivity contribution in [3.63, 3.8) is 0 Å². The van der Waals surface area contributed by atoms with E-state index in [0.29, 0.717) is 0 Å². The van der Waals surface area contributed by atoms with E-state index >= 15 is 0 Å². The number of methoxy groups -OCH3 is 1. The van der Waals surface area contributed by atoms with Gasteiger partial charge < -0.3 is 20.3 Å². The molecule has 0 radical (unpaired) electrons. The third-order valence-electron chi connectivity index (χ3n) is 2.93. The van der Waals surface area contributed by atoms with Crippen LogP contribution in [0.3, 0.4) is 0 Å². The van der Waals surface area contributed by atoms with Gasteiger partial charge in [0.1, 0.15) is 0 Å². The highest BCUT2D eigenvalue weighted by Crippen LogP contribution is 2.12. The van der Waals surface area contributed by atoms with Crippen LogP contribution in [0.5, 0.6) is 0 Å². The van der Waals surface area contributed by atoms with Crippen molar-refractivity contribution >= 4 is 11.6 Å². The van der Waals surface area contributed by atoms with Gasteiger partial charge in [0.05, 0.1) is 0 Å². The lowest BCUT2D eigenvalue weighted by atomic mass is 10.2. The maximum absolute atomic E-state index is 5.02. The minimum atomic E-state index is 0.756. The van der Waals surface area contributed by atoms with Gasteiger partial charge in [-0.3, -0.25) is 4.99 Å². The van der Waals surface area contributed by atoms with Crippen LogP contribution < -0.4 is 15.5 Å². The number of nitrogens with zero attached hydrogens (tertiary/aromatic N) is 2. The van der Waals surface area contributed by atoms with Crippen LogP contribution >= 0.6 is 0 Å². The first-order valence-corrected chi connectivity index (χ1v) is 6.87. The van der Waals surface area contributed by atoms with Gasteiger partial charge in [0.2, 0.25) is 0 Å². The lowest BCUT2D eigenvalue weighted by Gasteiger charge is -2.15. The highest BCUT2D eigenvalue weighted by atomic mass is 16.5. The van der Waals surface area contributed by atoms with Crippen LogP contribution in [-0.4, -0.2) is 47.4 Å². The first-order valence-electron chi connectivity index (χ1n) is 6.87. The molecule has 1 aromatic carbocycles. The van der Waals surface area contributed by atoms with Crippen molar-refractivity contribution in [2.24, 2.45) is 4.99 Å². The Balaban J connectivity index is 2.42. The van der Waals surface area contributed by atoms with E-state index in [4.69, 9.17) is 4.74 Å². The quantitative estimate of drug-likeness (QED) is 0.450. The van der Waals surface area contributed by atoms with E-state index in [-0.39, 0.29) is 0 Å². The summed E-state index contributed by atoms with van der Waals surface area (Å²) in [6, 6.07) is 8.45. The zero-order valence-corrected chi connectivity index (χ0v) is 12.9. The molecule has 0 saturated carbocycles. The SMILES string of the molecule is CN=C(NCCCOC)NCc1cccc(N(C)C)c1. The lowest BCUT2D eigenvalue weighted by molar-refractivity contribution is 0.195. The lowest BCUT2D eigenvalue weighted by Crippen LogP contribution is -2.37. The van der Waals surface area contributed by atoms with Crippen molar-refractivity contribution in [1.29, 1.82) is 0 Å². The van der Waals surface area contributed by atoms with Gasteiger partial charge in [0.15, 0.2) is 5.96 Å². The van der Waals surface area contributed by atoms with Crippen molar-refractivity contribution in [2.75, 3.05) is 46.3 Å². The number of guanidine groups is 1. The average Bonchev–Trinajstić information content (AvgIpc) is 2.47. The number of ether oxygens (including phenoxy) is 1. The predicted octanol–water partition coefficient (Wildman–Crippen LogP) is 1.45. The van der Waals surface area contributed by atoms with Gasteiger partial charge in [-0.15, -0.1) is 0 Å². The molecule has 0 unspecified atom stereocenters. The van der Waals surface area contributed by atoms with Crippen LogP contribution in [0.4, 0.5) is 5.69 Å². The second-order valence-corrected chi connectivity index (χ2v) is 4.76. The monoisotopic (exact) mass is 278 g/mol. The number of nitrogens with one attached hydrogen (secondary N) is 2. The van der Waals surface area contributed by atoms with Gasteiger partial charge >= 0.3 is 0 Å². The average molecular weight is 278 g/mol. The van der Waals surface area contributed by atoms with Crippen LogP contribution in [0.2, 0.25) is 0 Å². The molecule has 0 fully saturated rings. The molecule has 20 heavy (non-hydrogen) atoms. The highest BCUT2D eigenvalue weighted by Gasteiger charge is 2.00. The molecule has 0 aliphatic rings. The Morgan fingerprint density at radius 2 is 2.10 bits per heavy atom. The third-order valence-corrected chi connectivity index (χ3v) is 2.93. The maximum Gasteiger partial charge on any atom is 0.191 e. The van der Waals surface area contributed by atoms with Crippen molar-refractivity contribution in [3.05, 3.63) is 29.8 Å². The Morgan fingerprint density at radius 1 is 1.30 bits per heavy atom. The second-order valence-electron chi connectivity index (χ2n) is 4.76. The molecule has 0 aromatic heterocycles. The maximum atomic E-state index is 5.02. The van der Waals surface area contributed by atoms with Crippen molar-refractivity contribution in [2.45, 2.75) is 13.0 Å². The highest BCUT2D eigenvalue weighted by molar-refractivity contribution is 5.79. The smallest absolute Gasteiger partial charge is 0.191 e. The molecule has 0 aliphatic heterocycles. The molecule has 5 heteroatoms. The molecule has 1 aromatic rings. The van der Waals surface area contributed by atoms with E-state index in [0.717, 1.165) is 32.1 Å². The number of hydrogen-bond donors (Lipinski definition) is 2. The Bertz CT molecular complexity index is 418. The largest absolute Gasteiger partial charge is 0.385 e. The zero-order chi connectivity index (χ0) is 14.8. The normalized spacial score (nSPS) is 11.3. The van der Waals surface area contributed by atoms with Gasteiger partial charge in [0.25, 0.3) is 0 Å². The summed E-state index contributed by atoms with van der Waals surface area (Å²) in [5.41, 5.74) is 2.43. The number of anilines is 1. The van der Waals surface area contributed by atoms with Crippen LogP contribution in [0.15, 0.2) is 29.3 Å². The third kappa shape index (κ3) is 5.93. The second kappa shape index (κ2) is 9.20. The molecule has 0 amide bonds. The molecule has 0 saturated heterocycles. The first kappa shape index (κ1) is 16.3. The molecule has 5 nitrogen and oxygen atoms in total. The summed E-state index contributed by atoms with van der Waals surface area (Å²) in [6.45, 7) is 2.37. The van der Waals surface area contributed by atoms with Gasteiger partial charge in [-0.05, 0) is 24.1 Å². The van der Waals surface area contributed by atoms with Crippen molar-refractivity contribution in [1.82, 2.24) is 10.6 Å². The van der Waals surface area contributed by atoms with E-state index in [1.54, 1.807) is 14.2 Å². The van der Waals surface area contributed by atoms with Gasteiger partial charge in [0, 0.05) is 53.6 Å². The summed E-state index contributed by atoms with van der Waals surface area (Å²) >= 11 is 0. The summed E-state index contributed by atoms with van der Waals surface area (Å²) in [4.78, 5) is 6.30. The Morgan fingerprint density at radius 3 is 2.75 bits per heavy atom. The number of benzene rings is 1. The molecule has 0 atom stereocenters. The molecule has 0 aliphatic carbocycles. The summed E-state index contributed by atoms with van der Waals surface area (Å²) in [5.74, 6) is 0.816. The van der Waals surface area contributed by atoms with Crippen LogP contribution in [0.25, 0.3) is 0 Å². The zero-order valence-electron chi connectivity index (χ0n) is 12.9. The minimum absolute atomic E-state index is 0.756. The Kier molecular flexibility index (Phi) is 7.50. The van der Waals surface area contributed by atoms with E-state index in [1.807, 2.05) is 14.1 Å². The molecular weight excluding hydrogens is 252 g/mol. The van der Waals surface area contributed by atoms with E-state index in [1.165, 1.54) is 11.3 Å². The van der Waals surface area contributed by atoms with Crippen molar-refractivity contribution in [3.8, 4) is 0 Å². The van der Waals surface area contributed by atoms with Gasteiger partial charge in [-0.1, -0.05) is 12.1 Å². The molecule has 1 rings (SSSR count). The first-order chi connectivity index (χ1) is 9.67. The fourth-order valence-corrected chi connectivity index (χ4v) is 1.77. The summed E-state index contributed by atoms with van der Waals surface area (Å²) in [7, 11) is 7.58. The topological polar surface area (TPSA) is 48.9 Å². The van der Waals surface area contributed by atoms with Crippen LogP contribution in [0.1, 0.15) is 12.0 Å². The number of aliphatic imine (C=N–C) groups is 1. The Labute approximate surface area is 122 Å². The molecule has 2 N–H and O–H groups in total. The molecule has 0 bridgehead atoms. The van der Waals surface area contributed by atoms with Gasteiger partial charge in [-0.2, -0.15) is 0 Å². The number of rotatable bonds is 7. The van der Waals surface area contributed by atoms with Crippen LogP contribution in [0, 0.1) is 0 Å². The van der Waals surface area contributed by atoms with Gasteiger partial charge in [-0.25, -0.2) is 0 Å². The van der Waals surface area contributed by atoms with E-state index in [9.17, 15) is 0 Å². The van der Waals surface area contributed by atoms with Crippen LogP contribution in [-0.2, 0) is 11.3 Å².